The van der Waals surface area contributed by atoms with Crippen molar-refractivity contribution in [2.75, 3.05) is 6.54 Å². The van der Waals surface area contributed by atoms with E-state index in [4.69, 9.17) is 5.73 Å². The van der Waals surface area contributed by atoms with Crippen LogP contribution in [0.25, 0.3) is 10.2 Å². The van der Waals surface area contributed by atoms with Crippen LogP contribution in [0.2, 0.25) is 0 Å². The van der Waals surface area contributed by atoms with Gasteiger partial charge in [-0.3, -0.25) is 5.10 Å². The number of fused-ring (bicyclic) bond motifs is 1. The molecule has 0 saturated heterocycles. The van der Waals surface area contributed by atoms with Crippen molar-refractivity contribution in [3.05, 3.63) is 17.1 Å². The van der Waals surface area contributed by atoms with Crippen molar-refractivity contribution >= 4 is 21.6 Å². The Morgan fingerprint density at radius 2 is 2.55 bits per heavy atom. The van der Waals surface area contributed by atoms with Crippen molar-refractivity contribution < 1.29 is 0 Å². The summed E-state index contributed by atoms with van der Waals surface area (Å²) in [6, 6.07) is 2.08. The molecule has 0 amide bonds. The average Bonchev–Trinajstić information content (AvgIpc) is 2.53. The van der Waals surface area contributed by atoms with Gasteiger partial charge in [0.1, 0.15) is 4.83 Å². The lowest BCUT2D eigenvalue weighted by molar-refractivity contribution is 0.909. The van der Waals surface area contributed by atoms with E-state index in [0.717, 1.165) is 16.9 Å². The van der Waals surface area contributed by atoms with E-state index in [0.29, 0.717) is 6.54 Å². The topological polar surface area (TPSA) is 54.7 Å². The van der Waals surface area contributed by atoms with Crippen LogP contribution in [-0.2, 0) is 6.42 Å². The van der Waals surface area contributed by atoms with Gasteiger partial charge in [0, 0.05) is 17.5 Å². The standard InChI is InChI=1S/C7H9N3S/c8-3-1-6-5-2-4-11-7(5)10-9-6/h2,4H,1,3,8H2,(H,9,10). The van der Waals surface area contributed by atoms with E-state index in [9.17, 15) is 0 Å². The molecule has 3 N–H and O–H groups in total. The highest BCUT2D eigenvalue weighted by Crippen LogP contribution is 2.20. The van der Waals surface area contributed by atoms with E-state index in [2.05, 4.69) is 16.3 Å². The minimum Gasteiger partial charge on any atom is -0.330 e. The third kappa shape index (κ3) is 1.04. The van der Waals surface area contributed by atoms with E-state index in [1.807, 2.05) is 5.38 Å². The molecule has 58 valence electrons. The number of hydrogen-bond donors (Lipinski definition) is 2. The first kappa shape index (κ1) is 6.82. The number of aromatic amines is 1. The molecule has 2 aromatic heterocycles. The van der Waals surface area contributed by atoms with Gasteiger partial charge in [0.2, 0.25) is 0 Å². The number of aromatic nitrogens is 2. The molecule has 0 saturated carbocycles. The molecule has 4 heteroatoms. The van der Waals surface area contributed by atoms with E-state index in [-0.39, 0.29) is 0 Å². The minimum atomic E-state index is 0.674. The second kappa shape index (κ2) is 2.64. The first-order chi connectivity index (χ1) is 5.42. The average molecular weight is 167 g/mol. The van der Waals surface area contributed by atoms with Crippen LogP contribution >= 0.6 is 11.3 Å². The van der Waals surface area contributed by atoms with E-state index in [1.165, 1.54) is 5.39 Å². The van der Waals surface area contributed by atoms with Crippen molar-refractivity contribution in [1.29, 1.82) is 0 Å². The summed E-state index contributed by atoms with van der Waals surface area (Å²) in [5.74, 6) is 0. The van der Waals surface area contributed by atoms with E-state index < -0.39 is 0 Å². The molecule has 2 heterocycles. The largest absolute Gasteiger partial charge is 0.330 e. The summed E-state index contributed by atoms with van der Waals surface area (Å²) in [5, 5.41) is 10.4. The molecule has 0 radical (unpaired) electrons. The van der Waals surface area contributed by atoms with Crippen LogP contribution in [0, 0.1) is 0 Å². The molecule has 0 aliphatic rings. The maximum atomic E-state index is 5.44. The monoisotopic (exact) mass is 167 g/mol. The third-order valence-electron chi connectivity index (χ3n) is 1.66. The van der Waals surface area contributed by atoms with Crippen LogP contribution in [0.3, 0.4) is 0 Å². The van der Waals surface area contributed by atoms with E-state index >= 15 is 0 Å². The predicted molar refractivity (Wildman–Crippen MR) is 46.7 cm³/mol. The molecule has 0 aliphatic carbocycles. The summed E-state index contributed by atoms with van der Waals surface area (Å²) < 4.78 is 0. The fourth-order valence-electron chi connectivity index (χ4n) is 1.13. The van der Waals surface area contributed by atoms with Gasteiger partial charge in [-0.25, -0.2) is 0 Å². The van der Waals surface area contributed by atoms with Gasteiger partial charge in [-0.2, -0.15) is 5.10 Å². The lowest BCUT2D eigenvalue weighted by Crippen LogP contribution is -2.02. The molecule has 0 spiro atoms. The number of hydrogen-bond acceptors (Lipinski definition) is 3. The minimum absolute atomic E-state index is 0.674. The Morgan fingerprint density at radius 1 is 1.64 bits per heavy atom. The summed E-state index contributed by atoms with van der Waals surface area (Å²) in [7, 11) is 0. The predicted octanol–water partition coefficient (Wildman–Crippen LogP) is 1.13. The zero-order chi connectivity index (χ0) is 7.68. The lowest BCUT2D eigenvalue weighted by Gasteiger charge is -1.89. The summed E-state index contributed by atoms with van der Waals surface area (Å²) >= 11 is 1.65. The highest BCUT2D eigenvalue weighted by Gasteiger charge is 2.03. The normalized spacial score (nSPS) is 11.0. The van der Waals surface area contributed by atoms with Gasteiger partial charge in [0.05, 0.1) is 0 Å². The summed E-state index contributed by atoms with van der Waals surface area (Å²) in [6.07, 6.45) is 0.882. The van der Waals surface area contributed by atoms with E-state index in [1.54, 1.807) is 11.3 Å². The molecule has 0 aromatic carbocycles. The molecule has 0 bridgehead atoms. The molecule has 2 rings (SSSR count). The highest BCUT2D eigenvalue weighted by atomic mass is 32.1. The Balaban J connectivity index is 2.51. The lowest BCUT2D eigenvalue weighted by atomic mass is 10.2. The van der Waals surface area contributed by atoms with Gasteiger partial charge in [-0.15, -0.1) is 11.3 Å². The number of H-pyrrole nitrogens is 1. The van der Waals surface area contributed by atoms with Crippen LogP contribution in [-0.4, -0.2) is 16.7 Å². The fourth-order valence-corrected chi connectivity index (χ4v) is 1.88. The molecule has 11 heavy (non-hydrogen) atoms. The maximum absolute atomic E-state index is 5.44. The first-order valence-corrected chi connectivity index (χ1v) is 4.40. The Morgan fingerprint density at radius 3 is 3.36 bits per heavy atom. The quantitative estimate of drug-likeness (QED) is 0.704. The second-order valence-corrected chi connectivity index (χ2v) is 3.27. The highest BCUT2D eigenvalue weighted by molar-refractivity contribution is 7.16. The molecular formula is C7H9N3S. The Kier molecular flexibility index (Phi) is 1.63. The SMILES string of the molecule is NCCc1[nH]nc2sccc12. The van der Waals surface area contributed by atoms with Crippen molar-refractivity contribution in [2.45, 2.75) is 6.42 Å². The van der Waals surface area contributed by atoms with Gasteiger partial charge in [0.25, 0.3) is 0 Å². The van der Waals surface area contributed by atoms with Crippen molar-refractivity contribution in [1.82, 2.24) is 10.2 Å². The van der Waals surface area contributed by atoms with Gasteiger partial charge < -0.3 is 5.73 Å². The van der Waals surface area contributed by atoms with Gasteiger partial charge in [0.15, 0.2) is 0 Å². The van der Waals surface area contributed by atoms with Gasteiger partial charge >= 0.3 is 0 Å². The number of rotatable bonds is 2. The number of nitrogens with one attached hydrogen (secondary N) is 1. The Bertz CT molecular complexity index is 349. The molecular weight excluding hydrogens is 158 g/mol. The molecule has 3 nitrogen and oxygen atoms in total. The van der Waals surface area contributed by atoms with Crippen LogP contribution in [0.4, 0.5) is 0 Å². The zero-order valence-corrected chi connectivity index (χ0v) is 6.82. The zero-order valence-electron chi connectivity index (χ0n) is 6.00. The number of nitrogens with zero attached hydrogens (tertiary/aromatic N) is 1. The second-order valence-electron chi connectivity index (χ2n) is 2.38. The number of thiophene rings is 1. The van der Waals surface area contributed by atoms with Crippen LogP contribution in [0.5, 0.6) is 0 Å². The molecule has 0 atom stereocenters. The van der Waals surface area contributed by atoms with Gasteiger partial charge in [-0.1, -0.05) is 0 Å². The van der Waals surface area contributed by atoms with Crippen molar-refractivity contribution in [3.8, 4) is 0 Å². The molecule has 0 unspecified atom stereocenters. The van der Waals surface area contributed by atoms with Crippen LogP contribution in [0.15, 0.2) is 11.4 Å². The Hall–Kier alpha value is -0.870. The summed E-state index contributed by atoms with van der Waals surface area (Å²) in [6.45, 7) is 0.674. The van der Waals surface area contributed by atoms with Gasteiger partial charge in [-0.05, 0) is 18.0 Å². The fraction of sp³-hybridized carbons (Fsp3) is 0.286. The third-order valence-corrected chi connectivity index (χ3v) is 2.46. The van der Waals surface area contributed by atoms with Crippen LogP contribution in [0.1, 0.15) is 5.69 Å². The summed E-state index contributed by atoms with van der Waals surface area (Å²) in [4.78, 5) is 1.08. The maximum Gasteiger partial charge on any atom is 0.145 e. The molecule has 0 aliphatic heterocycles. The summed E-state index contributed by atoms with van der Waals surface area (Å²) in [5.41, 5.74) is 6.59. The van der Waals surface area contributed by atoms with Crippen LogP contribution < -0.4 is 5.73 Å². The Labute approximate surface area is 68.2 Å². The smallest absolute Gasteiger partial charge is 0.145 e. The van der Waals surface area contributed by atoms with Crippen molar-refractivity contribution in [2.24, 2.45) is 5.73 Å². The molecule has 2 aromatic rings. The van der Waals surface area contributed by atoms with Crippen molar-refractivity contribution in [3.63, 3.8) is 0 Å². The first-order valence-electron chi connectivity index (χ1n) is 3.52. The number of nitrogens with two attached hydrogens (primary N) is 1. The molecule has 0 fully saturated rings.